The van der Waals surface area contributed by atoms with Crippen molar-refractivity contribution in [2.45, 2.75) is 18.9 Å². The van der Waals surface area contributed by atoms with Crippen LogP contribution in [0.2, 0.25) is 0 Å². The van der Waals surface area contributed by atoms with E-state index in [0.29, 0.717) is 6.04 Å². The topological polar surface area (TPSA) is 24.5 Å². The molecule has 0 saturated carbocycles. The van der Waals surface area contributed by atoms with Crippen LogP contribution < -0.4 is 15.0 Å². The van der Waals surface area contributed by atoms with Crippen LogP contribution in [0.4, 0.5) is 5.69 Å². The van der Waals surface area contributed by atoms with Gasteiger partial charge in [-0.15, -0.1) is 0 Å². The minimum Gasteiger partial charge on any atom is -0.497 e. The first-order valence-electron chi connectivity index (χ1n) is 7.97. The maximum absolute atomic E-state index is 5.30. The first-order chi connectivity index (χ1) is 10.8. The highest BCUT2D eigenvalue weighted by Crippen LogP contribution is 2.27. The van der Waals surface area contributed by atoms with Crippen LogP contribution in [0, 0.1) is 0 Å². The third kappa shape index (κ3) is 3.25. The van der Waals surface area contributed by atoms with E-state index < -0.39 is 0 Å². The van der Waals surface area contributed by atoms with Crippen molar-refractivity contribution in [2.24, 2.45) is 0 Å². The molecule has 1 N–H and O–H groups in total. The van der Waals surface area contributed by atoms with Crippen LogP contribution in [0.5, 0.6) is 5.75 Å². The Morgan fingerprint density at radius 1 is 1.00 bits per heavy atom. The van der Waals surface area contributed by atoms with Gasteiger partial charge in [0.25, 0.3) is 0 Å². The fraction of sp³-hybridized carbons (Fsp3) is 0.368. The van der Waals surface area contributed by atoms with Gasteiger partial charge >= 0.3 is 0 Å². The Balaban J connectivity index is 1.72. The Morgan fingerprint density at radius 2 is 1.73 bits per heavy atom. The lowest BCUT2D eigenvalue weighted by Gasteiger charge is -2.33. The van der Waals surface area contributed by atoms with E-state index in [1.54, 1.807) is 7.11 Å². The van der Waals surface area contributed by atoms with E-state index in [-0.39, 0.29) is 0 Å². The van der Waals surface area contributed by atoms with Gasteiger partial charge in [-0.25, -0.2) is 0 Å². The van der Waals surface area contributed by atoms with Crippen LogP contribution in [0.15, 0.2) is 48.5 Å². The molecule has 1 saturated heterocycles. The van der Waals surface area contributed by atoms with Gasteiger partial charge in [-0.1, -0.05) is 24.3 Å². The van der Waals surface area contributed by atoms with Gasteiger partial charge in [0.1, 0.15) is 5.75 Å². The van der Waals surface area contributed by atoms with E-state index in [1.165, 1.54) is 29.7 Å². The van der Waals surface area contributed by atoms with Crippen molar-refractivity contribution in [1.29, 1.82) is 0 Å². The quantitative estimate of drug-likeness (QED) is 0.934. The summed E-state index contributed by atoms with van der Waals surface area (Å²) in [4.78, 5) is 2.48. The lowest BCUT2D eigenvalue weighted by atomic mass is 10.0. The molecule has 0 radical (unpaired) electrons. The van der Waals surface area contributed by atoms with Crippen LogP contribution in [0.3, 0.4) is 0 Å². The van der Waals surface area contributed by atoms with Crippen molar-refractivity contribution in [2.75, 3.05) is 32.1 Å². The molecule has 0 amide bonds. The van der Waals surface area contributed by atoms with Gasteiger partial charge in [0.2, 0.25) is 0 Å². The molecule has 116 valence electrons. The zero-order valence-electron chi connectivity index (χ0n) is 13.4. The monoisotopic (exact) mass is 296 g/mol. The van der Waals surface area contributed by atoms with Gasteiger partial charge in [0.15, 0.2) is 0 Å². The molecule has 3 heteroatoms. The number of anilines is 1. The van der Waals surface area contributed by atoms with Gasteiger partial charge in [0, 0.05) is 24.8 Å². The molecule has 3 rings (SSSR count). The van der Waals surface area contributed by atoms with E-state index in [2.05, 4.69) is 53.7 Å². The van der Waals surface area contributed by atoms with Crippen LogP contribution >= 0.6 is 0 Å². The Kier molecular flexibility index (Phi) is 4.64. The Morgan fingerprint density at radius 3 is 2.36 bits per heavy atom. The van der Waals surface area contributed by atoms with Crippen molar-refractivity contribution in [1.82, 2.24) is 5.32 Å². The molecule has 1 heterocycles. The standard InChI is InChI=1S/C19H24N2O/c1-20-17-10-12-21(13-11-17)18-8-6-15(7-9-18)16-4-3-5-19(14-16)22-2/h3-9,14,17,20H,10-13H2,1-2H3. The Labute approximate surface area is 132 Å². The molecule has 0 atom stereocenters. The van der Waals surface area contributed by atoms with E-state index in [4.69, 9.17) is 4.74 Å². The van der Waals surface area contributed by atoms with Crippen LogP contribution in [0.25, 0.3) is 11.1 Å². The maximum Gasteiger partial charge on any atom is 0.119 e. The number of ether oxygens (including phenoxy) is 1. The number of benzene rings is 2. The average Bonchev–Trinajstić information content (AvgIpc) is 2.62. The normalized spacial score (nSPS) is 15.8. The van der Waals surface area contributed by atoms with Crippen molar-refractivity contribution < 1.29 is 4.74 Å². The predicted octanol–water partition coefficient (Wildman–Crippen LogP) is 3.55. The molecule has 1 aliphatic rings. The summed E-state index contributed by atoms with van der Waals surface area (Å²) in [5, 5.41) is 3.38. The molecule has 0 aliphatic carbocycles. The van der Waals surface area contributed by atoms with Gasteiger partial charge in [0.05, 0.1) is 7.11 Å². The summed E-state index contributed by atoms with van der Waals surface area (Å²) in [6.45, 7) is 2.26. The molecule has 22 heavy (non-hydrogen) atoms. The lowest BCUT2D eigenvalue weighted by Crippen LogP contribution is -2.41. The highest BCUT2D eigenvalue weighted by atomic mass is 16.5. The summed E-state index contributed by atoms with van der Waals surface area (Å²) in [7, 11) is 3.76. The van der Waals surface area contributed by atoms with E-state index >= 15 is 0 Å². The molecular weight excluding hydrogens is 272 g/mol. The number of piperidine rings is 1. The summed E-state index contributed by atoms with van der Waals surface area (Å²) in [6, 6.07) is 17.7. The summed E-state index contributed by atoms with van der Waals surface area (Å²) in [5.74, 6) is 0.899. The van der Waals surface area contributed by atoms with E-state index in [0.717, 1.165) is 18.8 Å². The highest BCUT2D eigenvalue weighted by Gasteiger charge is 2.17. The number of nitrogens with zero attached hydrogens (tertiary/aromatic N) is 1. The lowest BCUT2D eigenvalue weighted by molar-refractivity contribution is 0.415. The average molecular weight is 296 g/mol. The molecular formula is C19H24N2O. The smallest absolute Gasteiger partial charge is 0.119 e. The second kappa shape index (κ2) is 6.84. The van der Waals surface area contributed by atoms with Crippen molar-refractivity contribution in [3.8, 4) is 16.9 Å². The van der Waals surface area contributed by atoms with Gasteiger partial charge in [-0.05, 0) is 55.3 Å². The minimum absolute atomic E-state index is 0.673. The minimum atomic E-state index is 0.673. The predicted molar refractivity (Wildman–Crippen MR) is 92.7 cm³/mol. The summed E-state index contributed by atoms with van der Waals surface area (Å²) in [6.07, 6.45) is 2.43. The summed E-state index contributed by atoms with van der Waals surface area (Å²) >= 11 is 0. The third-order valence-electron chi connectivity index (χ3n) is 4.54. The Hall–Kier alpha value is -2.00. The largest absolute Gasteiger partial charge is 0.497 e. The molecule has 2 aromatic rings. The first-order valence-corrected chi connectivity index (χ1v) is 7.97. The van der Waals surface area contributed by atoms with Crippen molar-refractivity contribution >= 4 is 5.69 Å². The maximum atomic E-state index is 5.30. The second-order valence-corrected chi connectivity index (χ2v) is 5.83. The van der Waals surface area contributed by atoms with Crippen molar-refractivity contribution in [3.05, 3.63) is 48.5 Å². The fourth-order valence-electron chi connectivity index (χ4n) is 3.09. The molecule has 0 spiro atoms. The van der Waals surface area contributed by atoms with Gasteiger partial charge in [-0.3, -0.25) is 0 Å². The molecule has 1 fully saturated rings. The number of nitrogens with one attached hydrogen (secondary N) is 1. The van der Waals surface area contributed by atoms with Gasteiger partial charge < -0.3 is 15.0 Å². The summed E-state index contributed by atoms with van der Waals surface area (Å²) in [5.41, 5.74) is 3.74. The van der Waals surface area contributed by atoms with Gasteiger partial charge in [-0.2, -0.15) is 0 Å². The SMILES string of the molecule is CNC1CCN(c2ccc(-c3cccc(OC)c3)cc2)CC1. The van der Waals surface area contributed by atoms with E-state index in [9.17, 15) is 0 Å². The molecule has 2 aromatic carbocycles. The third-order valence-corrected chi connectivity index (χ3v) is 4.54. The second-order valence-electron chi connectivity index (χ2n) is 5.83. The fourth-order valence-corrected chi connectivity index (χ4v) is 3.09. The summed E-state index contributed by atoms with van der Waals surface area (Å²) < 4.78 is 5.30. The number of hydrogen-bond acceptors (Lipinski definition) is 3. The van der Waals surface area contributed by atoms with Crippen LogP contribution in [-0.2, 0) is 0 Å². The highest BCUT2D eigenvalue weighted by molar-refractivity contribution is 5.67. The molecule has 1 aliphatic heterocycles. The van der Waals surface area contributed by atoms with Crippen LogP contribution in [-0.4, -0.2) is 33.3 Å². The molecule has 0 bridgehead atoms. The first kappa shape index (κ1) is 14.9. The molecule has 0 aromatic heterocycles. The number of hydrogen-bond donors (Lipinski definition) is 1. The number of rotatable bonds is 4. The van der Waals surface area contributed by atoms with Crippen LogP contribution in [0.1, 0.15) is 12.8 Å². The molecule has 0 unspecified atom stereocenters. The Bertz CT molecular complexity index is 601. The zero-order chi connectivity index (χ0) is 15.4. The van der Waals surface area contributed by atoms with E-state index in [1.807, 2.05) is 12.1 Å². The zero-order valence-corrected chi connectivity index (χ0v) is 13.4. The molecule has 3 nitrogen and oxygen atoms in total. The van der Waals surface area contributed by atoms with Crippen molar-refractivity contribution in [3.63, 3.8) is 0 Å². The number of methoxy groups -OCH3 is 1.